The minimum atomic E-state index is -1.76. The summed E-state index contributed by atoms with van der Waals surface area (Å²) in [6, 6.07) is 0. The van der Waals surface area contributed by atoms with Crippen molar-refractivity contribution in [2.45, 2.75) is 242 Å². The molecule has 0 bridgehead atoms. The molecule has 0 radical (unpaired) electrons. The van der Waals surface area contributed by atoms with Gasteiger partial charge in [0, 0.05) is 12.8 Å². The van der Waals surface area contributed by atoms with Gasteiger partial charge in [-0.2, -0.15) is 0 Å². The van der Waals surface area contributed by atoms with Crippen molar-refractivity contribution in [2.75, 3.05) is 26.4 Å². The molecule has 15 nitrogen and oxygen atoms in total. The van der Waals surface area contributed by atoms with Crippen molar-refractivity contribution in [3.8, 4) is 0 Å². The Morgan fingerprint density at radius 2 is 0.952 bits per heavy atom. The highest BCUT2D eigenvalue weighted by Crippen LogP contribution is 2.26. The van der Waals surface area contributed by atoms with Crippen LogP contribution in [-0.2, 0) is 38.0 Å². The van der Waals surface area contributed by atoms with Crippen molar-refractivity contribution < 1.29 is 73.8 Å². The zero-order valence-corrected chi connectivity index (χ0v) is 38.6. The molecular weight excluding hydrogens is 817 g/mol. The maximum atomic E-state index is 13.0. The number of carbonyl (C=O) groups is 2. The monoisotopic (exact) mass is 903 g/mol. The number of hydrogen-bond donors (Lipinski definition) is 7. The third kappa shape index (κ3) is 24.9. The zero-order chi connectivity index (χ0) is 46.1. The molecule has 15 heteroatoms. The molecule has 2 saturated heterocycles. The van der Waals surface area contributed by atoms with Gasteiger partial charge in [0.15, 0.2) is 18.7 Å². The Kier molecular flexibility index (Phi) is 32.8. The average Bonchev–Trinajstić information content (AvgIpc) is 3.28. The Bertz CT molecular complexity index is 1200. The predicted octanol–water partition coefficient (Wildman–Crippen LogP) is 5.99. The number of allylic oxidation sites excluding steroid dienone is 4. The second-order valence-corrected chi connectivity index (χ2v) is 17.3. The fourth-order valence-electron chi connectivity index (χ4n) is 7.60. The molecule has 368 valence electrons. The van der Waals surface area contributed by atoms with E-state index in [1.54, 1.807) is 0 Å². The van der Waals surface area contributed by atoms with Gasteiger partial charge in [0.2, 0.25) is 0 Å². The highest BCUT2D eigenvalue weighted by molar-refractivity contribution is 5.70. The Morgan fingerprint density at radius 3 is 1.49 bits per heavy atom. The summed E-state index contributed by atoms with van der Waals surface area (Å²) in [5.74, 6) is -0.934. The van der Waals surface area contributed by atoms with Gasteiger partial charge in [-0.3, -0.25) is 9.59 Å². The lowest BCUT2D eigenvalue weighted by Gasteiger charge is -2.42. The smallest absolute Gasteiger partial charge is 0.306 e. The first-order chi connectivity index (χ1) is 30.5. The Balaban J connectivity index is 1.81. The molecule has 0 aromatic carbocycles. The van der Waals surface area contributed by atoms with Crippen molar-refractivity contribution in [3.05, 3.63) is 24.3 Å². The van der Waals surface area contributed by atoms with Crippen LogP contribution in [0.25, 0.3) is 0 Å². The molecule has 0 aliphatic carbocycles. The van der Waals surface area contributed by atoms with E-state index in [1.807, 2.05) is 0 Å². The van der Waals surface area contributed by atoms with Gasteiger partial charge in [0.05, 0.1) is 19.8 Å². The number of aliphatic hydroxyl groups is 7. The lowest BCUT2D eigenvalue weighted by molar-refractivity contribution is -0.332. The van der Waals surface area contributed by atoms with Gasteiger partial charge in [-0.25, -0.2) is 0 Å². The van der Waals surface area contributed by atoms with Crippen molar-refractivity contribution in [3.63, 3.8) is 0 Å². The predicted molar refractivity (Wildman–Crippen MR) is 238 cm³/mol. The number of hydrogen-bond acceptors (Lipinski definition) is 15. The molecule has 0 amide bonds. The van der Waals surface area contributed by atoms with E-state index in [9.17, 15) is 45.3 Å². The van der Waals surface area contributed by atoms with Crippen LogP contribution in [0.5, 0.6) is 0 Å². The third-order valence-electron chi connectivity index (χ3n) is 11.7. The number of ether oxygens (including phenoxy) is 6. The second kappa shape index (κ2) is 36.1. The fourth-order valence-corrected chi connectivity index (χ4v) is 7.60. The largest absolute Gasteiger partial charge is 0.462 e. The fraction of sp³-hybridized carbons (Fsp3) is 0.875. The summed E-state index contributed by atoms with van der Waals surface area (Å²) >= 11 is 0. The maximum absolute atomic E-state index is 13.0. The number of carbonyl (C=O) groups excluding carboxylic acids is 2. The SMILES string of the molecule is CCCCCC/C=C\C/C=C\CCCCCCCCCC(=O)OC(COC(=O)CCCCCCCCCCC)COC1OC(COC2OC(CO)C(O)C(O)C2O)C(O)C(O)C1O. The molecule has 2 heterocycles. The Hall–Kier alpha value is -2.02. The molecule has 0 aromatic rings. The second-order valence-electron chi connectivity index (χ2n) is 17.3. The Morgan fingerprint density at radius 1 is 0.508 bits per heavy atom. The van der Waals surface area contributed by atoms with Crippen LogP contribution < -0.4 is 0 Å². The molecule has 0 saturated carbocycles. The van der Waals surface area contributed by atoms with Crippen LogP contribution in [0.15, 0.2) is 24.3 Å². The topological polar surface area (TPSA) is 231 Å². The van der Waals surface area contributed by atoms with E-state index < -0.39 is 92.7 Å². The summed E-state index contributed by atoms with van der Waals surface area (Å²) in [4.78, 5) is 25.6. The van der Waals surface area contributed by atoms with Gasteiger partial charge < -0.3 is 64.2 Å². The lowest BCUT2D eigenvalue weighted by atomic mass is 9.98. The minimum absolute atomic E-state index is 0.158. The summed E-state index contributed by atoms with van der Waals surface area (Å²) in [6.07, 6.45) is 17.9. The van der Waals surface area contributed by atoms with Gasteiger partial charge in [-0.05, 0) is 44.9 Å². The van der Waals surface area contributed by atoms with Gasteiger partial charge in [-0.1, -0.05) is 141 Å². The van der Waals surface area contributed by atoms with Crippen LogP contribution in [-0.4, -0.2) is 142 Å². The quantitative estimate of drug-likeness (QED) is 0.0216. The van der Waals surface area contributed by atoms with E-state index in [1.165, 1.54) is 70.6 Å². The molecule has 7 N–H and O–H groups in total. The first-order valence-corrected chi connectivity index (χ1v) is 24.4. The first kappa shape index (κ1) is 57.1. The molecule has 0 spiro atoms. The standard InChI is InChI=1S/C48H86O15/c1-3-5-7-9-11-13-14-15-16-17-18-19-20-21-23-25-27-29-31-40(51)61-36(33-58-39(50)30-28-26-24-22-12-10-8-6-4-2)34-59-47-46(57)44(55)42(53)38(63-47)35-60-48-45(56)43(54)41(52)37(32-49)62-48/h13-14,16-17,36-38,41-49,52-57H,3-12,15,18-35H2,1-2H3/b14-13-,17-16-. The summed E-state index contributed by atoms with van der Waals surface area (Å²) in [6.45, 7) is 2.53. The summed E-state index contributed by atoms with van der Waals surface area (Å²) < 4.78 is 33.5. The zero-order valence-electron chi connectivity index (χ0n) is 38.6. The maximum Gasteiger partial charge on any atom is 0.306 e. The minimum Gasteiger partial charge on any atom is -0.462 e. The molecule has 2 rings (SSSR count). The van der Waals surface area contributed by atoms with Crippen LogP contribution in [0.2, 0.25) is 0 Å². The highest BCUT2D eigenvalue weighted by atomic mass is 16.7. The highest BCUT2D eigenvalue weighted by Gasteiger charge is 2.47. The van der Waals surface area contributed by atoms with Gasteiger partial charge >= 0.3 is 11.9 Å². The van der Waals surface area contributed by atoms with E-state index in [2.05, 4.69) is 38.2 Å². The summed E-state index contributed by atoms with van der Waals surface area (Å²) in [5, 5.41) is 71.9. The Labute approximate surface area is 377 Å². The molecule has 63 heavy (non-hydrogen) atoms. The molecular formula is C48H86O15. The molecule has 2 aliphatic rings. The van der Waals surface area contributed by atoms with Crippen molar-refractivity contribution in [1.29, 1.82) is 0 Å². The van der Waals surface area contributed by atoms with E-state index in [-0.39, 0.29) is 26.1 Å². The van der Waals surface area contributed by atoms with Crippen LogP contribution in [0.3, 0.4) is 0 Å². The van der Waals surface area contributed by atoms with Gasteiger partial charge in [-0.15, -0.1) is 0 Å². The number of aliphatic hydroxyl groups excluding tert-OH is 7. The van der Waals surface area contributed by atoms with Crippen molar-refractivity contribution in [1.82, 2.24) is 0 Å². The van der Waals surface area contributed by atoms with Crippen molar-refractivity contribution in [2.24, 2.45) is 0 Å². The molecule has 11 unspecified atom stereocenters. The molecule has 0 aromatic heterocycles. The van der Waals surface area contributed by atoms with Crippen LogP contribution in [0.1, 0.15) is 174 Å². The van der Waals surface area contributed by atoms with Gasteiger partial charge in [0.25, 0.3) is 0 Å². The van der Waals surface area contributed by atoms with E-state index in [0.717, 1.165) is 64.2 Å². The van der Waals surface area contributed by atoms with E-state index in [4.69, 9.17) is 28.4 Å². The number of esters is 2. The number of unbranched alkanes of at least 4 members (excludes halogenated alkanes) is 19. The van der Waals surface area contributed by atoms with E-state index >= 15 is 0 Å². The van der Waals surface area contributed by atoms with Crippen LogP contribution in [0.4, 0.5) is 0 Å². The first-order valence-electron chi connectivity index (χ1n) is 24.4. The van der Waals surface area contributed by atoms with E-state index in [0.29, 0.717) is 12.8 Å². The van der Waals surface area contributed by atoms with Gasteiger partial charge in [0.1, 0.15) is 55.4 Å². The molecule has 11 atom stereocenters. The third-order valence-corrected chi connectivity index (χ3v) is 11.7. The summed E-state index contributed by atoms with van der Waals surface area (Å²) in [5.41, 5.74) is 0. The number of rotatable bonds is 37. The van der Waals surface area contributed by atoms with Crippen LogP contribution >= 0.6 is 0 Å². The summed E-state index contributed by atoms with van der Waals surface area (Å²) in [7, 11) is 0. The lowest BCUT2D eigenvalue weighted by Crippen LogP contribution is -2.61. The normalized spacial score (nSPS) is 27.0. The average molecular weight is 903 g/mol. The molecule has 2 aliphatic heterocycles. The van der Waals surface area contributed by atoms with Crippen molar-refractivity contribution >= 4 is 11.9 Å². The van der Waals surface area contributed by atoms with Crippen LogP contribution in [0, 0.1) is 0 Å². The molecule has 2 fully saturated rings.